The molecule has 1 N–H and O–H groups in total. The van der Waals surface area contributed by atoms with Crippen molar-refractivity contribution in [1.82, 2.24) is 0 Å². The van der Waals surface area contributed by atoms with Gasteiger partial charge in [-0.3, -0.25) is 4.79 Å². The van der Waals surface area contributed by atoms with Gasteiger partial charge in [-0.1, -0.05) is 96.8 Å². The average Bonchev–Trinajstić information content (AvgIpc) is 2.70. The van der Waals surface area contributed by atoms with E-state index in [0.29, 0.717) is 6.42 Å². The lowest BCUT2D eigenvalue weighted by molar-refractivity contribution is -0.137. The van der Waals surface area contributed by atoms with E-state index in [0.717, 1.165) is 6.42 Å². The Hall–Kier alpha value is -2.09. The highest BCUT2D eigenvalue weighted by atomic mass is 79.9. The average molecular weight is 443 g/mol. The van der Waals surface area contributed by atoms with E-state index in [4.69, 9.17) is 5.11 Å². The molecule has 0 heterocycles. The molecule has 27 heavy (non-hydrogen) atoms. The van der Waals surface area contributed by atoms with E-state index in [1.165, 1.54) is 15.9 Å². The summed E-state index contributed by atoms with van der Waals surface area (Å²) in [7, 11) is 0. The summed E-state index contributed by atoms with van der Waals surface area (Å²) in [6.07, 6.45) is 1.64. The Kier molecular flexibility index (Phi) is 8.09. The van der Waals surface area contributed by atoms with Gasteiger partial charge in [0.25, 0.3) is 0 Å². The first-order valence-electron chi connectivity index (χ1n) is 8.85. The van der Waals surface area contributed by atoms with E-state index in [1.807, 2.05) is 18.2 Å². The maximum absolute atomic E-state index is 10.9. The maximum atomic E-state index is 10.9. The van der Waals surface area contributed by atoms with Gasteiger partial charge in [0.05, 0.1) is 0 Å². The van der Waals surface area contributed by atoms with Gasteiger partial charge in [-0.05, 0) is 35.6 Å². The van der Waals surface area contributed by atoms with E-state index in [9.17, 15) is 4.79 Å². The zero-order valence-corrected chi connectivity index (χ0v) is 17.7. The molecule has 0 aliphatic heterocycles. The zero-order chi connectivity index (χ0) is 18.2. The van der Waals surface area contributed by atoms with Crippen LogP contribution in [0, 0.1) is 0 Å². The van der Waals surface area contributed by atoms with Crippen LogP contribution in [-0.2, 0) is 4.79 Å². The Morgan fingerprint density at radius 3 is 1.44 bits per heavy atom. The van der Waals surface area contributed by atoms with Crippen molar-refractivity contribution in [1.29, 1.82) is 0 Å². The SMILES string of the molecule is Br.O=C(O)CCCC=P(c1ccccc1)(c1ccccc1)c1ccccc1. The molecule has 3 aromatic carbocycles. The van der Waals surface area contributed by atoms with Gasteiger partial charge < -0.3 is 5.11 Å². The molecule has 0 unspecified atom stereocenters. The Balaban J connectivity index is 0.00000261. The van der Waals surface area contributed by atoms with E-state index < -0.39 is 12.9 Å². The van der Waals surface area contributed by atoms with E-state index in [-0.39, 0.29) is 23.4 Å². The molecule has 0 fully saturated rings. The lowest BCUT2D eigenvalue weighted by Gasteiger charge is -2.29. The number of carboxylic acid groups (broad SMARTS) is 1. The van der Waals surface area contributed by atoms with Crippen molar-refractivity contribution in [3.05, 3.63) is 91.0 Å². The highest BCUT2D eigenvalue weighted by Crippen LogP contribution is 2.44. The molecular formula is C23H24BrO2P. The van der Waals surface area contributed by atoms with E-state index in [1.54, 1.807) is 0 Å². The third-order valence-corrected chi connectivity index (χ3v) is 8.63. The highest BCUT2D eigenvalue weighted by molar-refractivity contribution is 8.93. The molecule has 0 aliphatic carbocycles. The number of rotatable bonds is 7. The van der Waals surface area contributed by atoms with Crippen molar-refractivity contribution in [2.75, 3.05) is 0 Å². The molecule has 0 aromatic heterocycles. The molecule has 3 rings (SSSR count). The molecule has 0 aliphatic rings. The normalized spacial score (nSPS) is 10.7. The topological polar surface area (TPSA) is 37.3 Å². The summed E-state index contributed by atoms with van der Waals surface area (Å²) in [6, 6.07) is 31.8. The second-order valence-corrected chi connectivity index (χ2v) is 9.56. The molecule has 0 spiro atoms. The number of halogens is 1. The van der Waals surface area contributed by atoms with Crippen molar-refractivity contribution in [2.45, 2.75) is 19.3 Å². The summed E-state index contributed by atoms with van der Waals surface area (Å²) >= 11 is 0. The van der Waals surface area contributed by atoms with Crippen LogP contribution in [0.1, 0.15) is 19.3 Å². The quantitative estimate of drug-likeness (QED) is 0.428. The molecule has 0 bridgehead atoms. The van der Waals surface area contributed by atoms with Gasteiger partial charge in [0.2, 0.25) is 0 Å². The van der Waals surface area contributed by atoms with Gasteiger partial charge in [0.15, 0.2) is 0 Å². The molecule has 0 amide bonds. The van der Waals surface area contributed by atoms with Crippen LogP contribution in [0.3, 0.4) is 0 Å². The number of benzene rings is 3. The summed E-state index contributed by atoms with van der Waals surface area (Å²) in [5.41, 5.74) is 0. The van der Waals surface area contributed by atoms with E-state index >= 15 is 0 Å². The number of hydrogen-bond donors (Lipinski definition) is 1. The fourth-order valence-electron chi connectivity index (χ4n) is 3.29. The fourth-order valence-corrected chi connectivity index (χ4v) is 7.32. The summed E-state index contributed by atoms with van der Waals surface area (Å²) < 4.78 is 0. The molecule has 4 heteroatoms. The minimum Gasteiger partial charge on any atom is -0.481 e. The first kappa shape index (κ1) is 21.2. The third kappa shape index (κ3) is 5.00. The van der Waals surface area contributed by atoms with Crippen LogP contribution >= 0.6 is 23.9 Å². The number of carboxylic acids is 1. The Morgan fingerprint density at radius 2 is 1.11 bits per heavy atom. The highest BCUT2D eigenvalue weighted by Gasteiger charge is 2.24. The molecule has 2 nitrogen and oxygen atoms in total. The number of hydrogen-bond acceptors (Lipinski definition) is 1. The van der Waals surface area contributed by atoms with Crippen LogP contribution in [0.4, 0.5) is 0 Å². The van der Waals surface area contributed by atoms with Crippen LogP contribution in [0.2, 0.25) is 0 Å². The molecule has 0 saturated heterocycles. The Labute approximate surface area is 171 Å². The Morgan fingerprint density at radius 1 is 0.741 bits per heavy atom. The minimum atomic E-state index is -1.93. The van der Waals surface area contributed by atoms with Crippen LogP contribution in [0.25, 0.3) is 0 Å². The van der Waals surface area contributed by atoms with Gasteiger partial charge in [-0.2, -0.15) is 0 Å². The van der Waals surface area contributed by atoms with Crippen molar-refractivity contribution in [2.24, 2.45) is 0 Å². The lowest BCUT2D eigenvalue weighted by atomic mass is 10.3. The standard InChI is InChI=1S/C23H23O2P.BrH/c24-23(25)18-10-11-19-26(20-12-4-1-5-13-20,21-14-6-2-7-15-21)22-16-8-3-9-17-22;/h1-9,12-17,19H,10-11,18H2,(H,24,25);1H. The van der Waals surface area contributed by atoms with Crippen molar-refractivity contribution < 1.29 is 9.90 Å². The van der Waals surface area contributed by atoms with Crippen LogP contribution in [-0.4, -0.2) is 16.9 Å². The number of carbonyl (C=O) groups is 1. The van der Waals surface area contributed by atoms with Gasteiger partial charge >= 0.3 is 5.97 Å². The van der Waals surface area contributed by atoms with Gasteiger partial charge in [-0.25, -0.2) is 0 Å². The van der Waals surface area contributed by atoms with Crippen LogP contribution in [0.5, 0.6) is 0 Å². The largest absolute Gasteiger partial charge is 0.481 e. The number of aliphatic carboxylic acids is 1. The zero-order valence-electron chi connectivity index (χ0n) is 15.1. The summed E-state index contributed by atoms with van der Waals surface area (Å²) in [5, 5.41) is 12.9. The second-order valence-electron chi connectivity index (χ2n) is 6.20. The van der Waals surface area contributed by atoms with Gasteiger partial charge in [0, 0.05) is 6.42 Å². The monoisotopic (exact) mass is 442 g/mol. The third-order valence-electron chi connectivity index (χ3n) is 4.49. The smallest absolute Gasteiger partial charge is 0.303 e. The van der Waals surface area contributed by atoms with Crippen molar-refractivity contribution in [3.8, 4) is 0 Å². The van der Waals surface area contributed by atoms with Crippen molar-refractivity contribution in [3.63, 3.8) is 0 Å². The molecule has 0 saturated carbocycles. The predicted octanol–water partition coefficient (Wildman–Crippen LogP) is 4.62. The first-order chi connectivity index (χ1) is 12.7. The van der Waals surface area contributed by atoms with Gasteiger partial charge in [-0.15, -0.1) is 17.0 Å². The fraction of sp³-hybridized carbons (Fsp3) is 0.130. The number of unbranched alkanes of at least 4 members (excludes halogenated alkanes) is 1. The van der Waals surface area contributed by atoms with Crippen LogP contribution in [0.15, 0.2) is 91.0 Å². The second kappa shape index (κ2) is 10.3. The van der Waals surface area contributed by atoms with Crippen molar-refractivity contribution >= 4 is 51.5 Å². The van der Waals surface area contributed by atoms with Crippen LogP contribution < -0.4 is 15.9 Å². The summed E-state index contributed by atoms with van der Waals surface area (Å²) in [6.45, 7) is -1.93. The molecule has 3 aromatic rings. The molecule has 0 atom stereocenters. The Bertz CT molecular complexity index is 790. The predicted molar refractivity (Wildman–Crippen MR) is 123 cm³/mol. The summed E-state index contributed by atoms with van der Waals surface area (Å²) in [5.74, 6) is 1.65. The molecule has 0 radical (unpaired) electrons. The summed E-state index contributed by atoms with van der Waals surface area (Å²) in [4.78, 5) is 10.9. The first-order valence-corrected chi connectivity index (χ1v) is 10.7. The maximum Gasteiger partial charge on any atom is 0.303 e. The van der Waals surface area contributed by atoms with Gasteiger partial charge in [0.1, 0.15) is 0 Å². The molecule has 140 valence electrons. The van der Waals surface area contributed by atoms with E-state index in [2.05, 4.69) is 78.6 Å². The minimum absolute atomic E-state index is 0. The molecular weight excluding hydrogens is 419 g/mol. The lowest BCUT2D eigenvalue weighted by Crippen LogP contribution is -2.27.